The second-order valence-electron chi connectivity index (χ2n) is 8.43. The number of hydrogen-bond acceptors (Lipinski definition) is 4. The quantitative estimate of drug-likeness (QED) is 0.315. The molecule has 1 atom stereocenters. The second-order valence-corrected chi connectivity index (χ2v) is 8.43. The molecule has 1 aliphatic heterocycles. The maximum Gasteiger partial charge on any atom is 0.344 e. The van der Waals surface area contributed by atoms with Gasteiger partial charge in [-0.1, -0.05) is 42.5 Å². The zero-order valence-electron chi connectivity index (χ0n) is 17.0. The van der Waals surface area contributed by atoms with Crippen LogP contribution in [-0.2, 0) is 13.0 Å². The van der Waals surface area contributed by atoms with Gasteiger partial charge in [-0.25, -0.2) is 4.79 Å². The molecule has 2 heterocycles. The zero-order chi connectivity index (χ0) is 20.2. The van der Waals surface area contributed by atoms with Crippen molar-refractivity contribution in [2.45, 2.75) is 38.8 Å². The molecule has 0 unspecified atom stereocenters. The average Bonchev–Trinajstić information content (AvgIpc) is 2.79. The summed E-state index contributed by atoms with van der Waals surface area (Å²) < 4.78 is 12.0. The molecule has 4 aromatic rings. The molecule has 0 bridgehead atoms. The minimum Gasteiger partial charge on any atom is -0.477 e. The van der Waals surface area contributed by atoms with Gasteiger partial charge < -0.3 is 9.15 Å². The topological polar surface area (TPSA) is 42.7 Å². The van der Waals surface area contributed by atoms with Crippen LogP contribution in [0.25, 0.3) is 21.7 Å². The first kappa shape index (κ1) is 17.7. The molecule has 4 nitrogen and oxygen atoms in total. The first-order valence-corrected chi connectivity index (χ1v) is 10.6. The van der Waals surface area contributed by atoms with Crippen LogP contribution in [0.4, 0.5) is 0 Å². The van der Waals surface area contributed by atoms with Gasteiger partial charge in [0.05, 0.1) is 5.39 Å². The minimum absolute atomic E-state index is 0.294. The number of ether oxygens (including phenoxy) is 1. The predicted octanol–water partition coefficient (Wildman–Crippen LogP) is 5.48. The van der Waals surface area contributed by atoms with E-state index in [1.165, 1.54) is 17.5 Å². The molecule has 2 aliphatic rings. The standard InChI is InChI=1S/C26H23NO3/c1-16-24-18(13-22-20-10-4-5-11-21(20)26(28)30-25(16)22)14-27(15-29-24)23-12-6-8-17-7-2-3-9-19(17)23/h2-5,7,9-11,13,23H,6,8,12,14-15H2,1H3/t23-/m0/s1. The number of aryl methyl sites for hydroxylation is 2. The lowest BCUT2D eigenvalue weighted by Gasteiger charge is -2.39. The van der Waals surface area contributed by atoms with Crippen LogP contribution in [0.15, 0.2) is 63.8 Å². The van der Waals surface area contributed by atoms with Crippen LogP contribution in [0.3, 0.4) is 0 Å². The van der Waals surface area contributed by atoms with Crippen molar-refractivity contribution in [1.82, 2.24) is 4.90 Å². The maximum absolute atomic E-state index is 12.5. The van der Waals surface area contributed by atoms with Crippen molar-refractivity contribution in [3.63, 3.8) is 0 Å². The summed E-state index contributed by atoms with van der Waals surface area (Å²) in [6.45, 7) is 3.37. The summed E-state index contributed by atoms with van der Waals surface area (Å²) >= 11 is 0. The third kappa shape index (κ3) is 2.60. The van der Waals surface area contributed by atoms with Crippen LogP contribution >= 0.6 is 0 Å². The van der Waals surface area contributed by atoms with Gasteiger partial charge in [0.25, 0.3) is 0 Å². The third-order valence-electron chi connectivity index (χ3n) is 6.69. The molecule has 6 rings (SSSR count). The Balaban J connectivity index is 1.48. The summed E-state index contributed by atoms with van der Waals surface area (Å²) in [4.78, 5) is 14.9. The van der Waals surface area contributed by atoms with Crippen LogP contribution in [0, 0.1) is 6.92 Å². The number of rotatable bonds is 1. The van der Waals surface area contributed by atoms with E-state index in [9.17, 15) is 4.79 Å². The highest BCUT2D eigenvalue weighted by atomic mass is 16.5. The normalized spacial score (nSPS) is 18.8. The summed E-state index contributed by atoms with van der Waals surface area (Å²) in [5, 5.41) is 2.55. The molecule has 0 saturated heterocycles. The SMILES string of the molecule is Cc1c2c(cc3c1oc(=O)c1ccccc13)CN([C@H]1CCCc3ccccc31)CO2. The van der Waals surface area contributed by atoms with Gasteiger partial charge in [0.1, 0.15) is 18.1 Å². The molecule has 30 heavy (non-hydrogen) atoms. The lowest BCUT2D eigenvalue weighted by Crippen LogP contribution is -2.37. The van der Waals surface area contributed by atoms with E-state index < -0.39 is 0 Å². The average molecular weight is 397 g/mol. The first-order chi connectivity index (χ1) is 14.7. The van der Waals surface area contributed by atoms with Gasteiger partial charge in [-0.15, -0.1) is 0 Å². The Kier molecular flexibility index (Phi) is 3.96. The monoisotopic (exact) mass is 397 g/mol. The summed E-state index contributed by atoms with van der Waals surface area (Å²) in [5.41, 5.74) is 5.31. The Morgan fingerprint density at radius 2 is 1.77 bits per heavy atom. The smallest absolute Gasteiger partial charge is 0.344 e. The fraction of sp³-hybridized carbons (Fsp3) is 0.269. The van der Waals surface area contributed by atoms with E-state index in [4.69, 9.17) is 9.15 Å². The minimum atomic E-state index is -0.294. The number of fused-ring (bicyclic) bond motifs is 5. The van der Waals surface area contributed by atoms with Crippen LogP contribution in [0.1, 0.15) is 41.1 Å². The fourth-order valence-electron chi connectivity index (χ4n) is 5.26. The molecule has 4 heteroatoms. The summed E-state index contributed by atoms with van der Waals surface area (Å²) in [5.74, 6) is 0.862. The third-order valence-corrected chi connectivity index (χ3v) is 6.69. The van der Waals surface area contributed by atoms with Crippen molar-refractivity contribution in [3.8, 4) is 5.75 Å². The fourth-order valence-corrected chi connectivity index (χ4v) is 5.26. The van der Waals surface area contributed by atoms with E-state index in [-0.39, 0.29) is 5.63 Å². The maximum atomic E-state index is 12.5. The molecule has 0 spiro atoms. The Labute approximate surface area is 174 Å². The molecule has 0 N–H and O–H groups in total. The number of nitrogens with zero attached hydrogens (tertiary/aromatic N) is 1. The zero-order valence-corrected chi connectivity index (χ0v) is 17.0. The molecule has 0 saturated carbocycles. The van der Waals surface area contributed by atoms with Gasteiger partial charge in [-0.2, -0.15) is 0 Å². The molecule has 0 fully saturated rings. The van der Waals surface area contributed by atoms with Crippen molar-refractivity contribution in [2.24, 2.45) is 0 Å². The van der Waals surface area contributed by atoms with Crippen molar-refractivity contribution < 1.29 is 9.15 Å². The molecule has 3 aromatic carbocycles. The van der Waals surface area contributed by atoms with E-state index >= 15 is 0 Å². The Hall–Kier alpha value is -3.11. The highest BCUT2D eigenvalue weighted by molar-refractivity contribution is 6.06. The van der Waals surface area contributed by atoms with E-state index in [1.54, 1.807) is 0 Å². The van der Waals surface area contributed by atoms with E-state index in [2.05, 4.69) is 35.2 Å². The largest absolute Gasteiger partial charge is 0.477 e. The van der Waals surface area contributed by atoms with Crippen LogP contribution in [0.5, 0.6) is 5.75 Å². The van der Waals surface area contributed by atoms with Gasteiger partial charge in [0.15, 0.2) is 0 Å². The lowest BCUT2D eigenvalue weighted by atomic mass is 9.86. The molecular weight excluding hydrogens is 374 g/mol. The summed E-state index contributed by atoms with van der Waals surface area (Å²) in [7, 11) is 0. The van der Waals surface area contributed by atoms with Gasteiger partial charge in [-0.05, 0) is 54.8 Å². The van der Waals surface area contributed by atoms with Crippen molar-refractivity contribution in [2.75, 3.05) is 6.73 Å². The van der Waals surface area contributed by atoms with Gasteiger partial charge in [-0.3, -0.25) is 4.90 Å². The number of benzene rings is 3. The Morgan fingerprint density at radius 1 is 0.967 bits per heavy atom. The van der Waals surface area contributed by atoms with Gasteiger partial charge in [0, 0.05) is 29.1 Å². The summed E-state index contributed by atoms with van der Waals surface area (Å²) in [6.07, 6.45) is 3.52. The van der Waals surface area contributed by atoms with E-state index in [0.717, 1.165) is 47.0 Å². The van der Waals surface area contributed by atoms with Crippen molar-refractivity contribution in [3.05, 3.63) is 87.3 Å². The highest BCUT2D eigenvalue weighted by Gasteiger charge is 2.30. The van der Waals surface area contributed by atoms with E-state index in [0.29, 0.717) is 23.7 Å². The van der Waals surface area contributed by atoms with Crippen LogP contribution in [0.2, 0.25) is 0 Å². The lowest BCUT2D eigenvalue weighted by molar-refractivity contribution is 0.0475. The Bertz CT molecular complexity index is 1350. The van der Waals surface area contributed by atoms with Crippen molar-refractivity contribution in [1.29, 1.82) is 0 Å². The van der Waals surface area contributed by atoms with Crippen molar-refractivity contribution >= 4 is 21.7 Å². The summed E-state index contributed by atoms with van der Waals surface area (Å²) in [6, 6.07) is 19.0. The molecular formula is C26H23NO3. The molecule has 1 aliphatic carbocycles. The van der Waals surface area contributed by atoms with Crippen LogP contribution < -0.4 is 10.4 Å². The molecule has 0 radical (unpaired) electrons. The van der Waals surface area contributed by atoms with Crippen LogP contribution in [-0.4, -0.2) is 11.6 Å². The molecule has 0 amide bonds. The molecule has 1 aromatic heterocycles. The second kappa shape index (κ2) is 6.71. The van der Waals surface area contributed by atoms with Gasteiger partial charge >= 0.3 is 5.63 Å². The van der Waals surface area contributed by atoms with E-state index in [1.807, 2.05) is 31.2 Å². The number of hydrogen-bond donors (Lipinski definition) is 0. The van der Waals surface area contributed by atoms with Gasteiger partial charge in [0.2, 0.25) is 0 Å². The predicted molar refractivity (Wildman–Crippen MR) is 118 cm³/mol. The molecule has 150 valence electrons. The first-order valence-electron chi connectivity index (χ1n) is 10.6. The Morgan fingerprint density at radius 3 is 2.67 bits per heavy atom. The highest BCUT2D eigenvalue weighted by Crippen LogP contribution is 2.41.